The number of nitrogens with one attached hydrogen (secondary N) is 1. The summed E-state index contributed by atoms with van der Waals surface area (Å²) in [6.45, 7) is 0.701. The molecule has 0 radical (unpaired) electrons. The maximum absolute atomic E-state index is 12.7. The van der Waals surface area contributed by atoms with Crippen LogP contribution in [0.1, 0.15) is 16.1 Å². The molecule has 0 fully saturated rings. The van der Waals surface area contributed by atoms with E-state index in [4.69, 9.17) is 0 Å². The summed E-state index contributed by atoms with van der Waals surface area (Å²) in [5.74, 6) is -0.0748. The Bertz CT molecular complexity index is 808. The van der Waals surface area contributed by atoms with Gasteiger partial charge in [-0.05, 0) is 24.1 Å². The molecule has 0 spiro atoms. The fourth-order valence-electron chi connectivity index (χ4n) is 2.70. The minimum atomic E-state index is -0.0748. The van der Waals surface area contributed by atoms with Gasteiger partial charge in [0.2, 0.25) is 0 Å². The number of aromatic amines is 1. The van der Waals surface area contributed by atoms with E-state index in [0.29, 0.717) is 12.2 Å². The number of hydrogen-bond acceptors (Lipinski definition) is 3. The molecule has 1 aliphatic heterocycles. The number of carbonyl (C=O) groups is 1. The number of rotatable bonds is 1. The molecule has 0 bridgehead atoms. The van der Waals surface area contributed by atoms with E-state index in [1.165, 1.54) is 5.56 Å². The highest BCUT2D eigenvalue weighted by molar-refractivity contribution is 6.12. The monoisotopic (exact) mass is 264 g/mol. The molecule has 0 aliphatic carbocycles. The van der Waals surface area contributed by atoms with Crippen LogP contribution in [0.25, 0.3) is 10.9 Å². The minimum absolute atomic E-state index is 0.0748. The molecule has 0 unspecified atom stereocenters. The lowest BCUT2D eigenvalue weighted by atomic mass is 10.2. The molecule has 20 heavy (non-hydrogen) atoms. The Morgan fingerprint density at radius 3 is 3.10 bits per heavy atom. The zero-order valence-corrected chi connectivity index (χ0v) is 10.7. The van der Waals surface area contributed by atoms with Crippen molar-refractivity contribution in [3.8, 4) is 0 Å². The Morgan fingerprint density at radius 1 is 1.25 bits per heavy atom. The highest BCUT2D eigenvalue weighted by atomic mass is 16.2. The molecule has 3 aromatic rings. The van der Waals surface area contributed by atoms with E-state index in [1.54, 1.807) is 17.3 Å². The van der Waals surface area contributed by atoms with E-state index >= 15 is 0 Å². The van der Waals surface area contributed by atoms with Crippen LogP contribution < -0.4 is 4.90 Å². The van der Waals surface area contributed by atoms with Gasteiger partial charge in [0.25, 0.3) is 5.91 Å². The van der Waals surface area contributed by atoms with Crippen molar-refractivity contribution in [1.82, 2.24) is 15.2 Å². The van der Waals surface area contributed by atoms with Crippen molar-refractivity contribution < 1.29 is 4.79 Å². The smallest absolute Gasteiger partial charge is 0.279 e. The summed E-state index contributed by atoms with van der Waals surface area (Å²) in [6.07, 6.45) is 4.25. The number of benzene rings is 1. The largest absolute Gasteiger partial charge is 0.306 e. The van der Waals surface area contributed by atoms with Crippen LogP contribution >= 0.6 is 0 Å². The average Bonchev–Trinajstić information content (AvgIpc) is 3.11. The number of para-hydroxylation sites is 1. The quantitative estimate of drug-likeness (QED) is 0.732. The van der Waals surface area contributed by atoms with Gasteiger partial charge in [-0.1, -0.05) is 18.2 Å². The second kappa shape index (κ2) is 4.16. The molecule has 0 atom stereocenters. The van der Waals surface area contributed by atoms with Crippen LogP contribution in [0.4, 0.5) is 5.69 Å². The van der Waals surface area contributed by atoms with Gasteiger partial charge in [-0.15, -0.1) is 0 Å². The summed E-state index contributed by atoms with van der Waals surface area (Å²) in [5, 5.41) is 7.80. The van der Waals surface area contributed by atoms with Gasteiger partial charge in [-0.25, -0.2) is 0 Å². The number of hydrogen-bond donors (Lipinski definition) is 1. The van der Waals surface area contributed by atoms with Crippen molar-refractivity contribution in [2.24, 2.45) is 0 Å². The van der Waals surface area contributed by atoms with E-state index < -0.39 is 0 Å². The predicted octanol–water partition coefficient (Wildman–Crippen LogP) is 2.16. The molecule has 3 heterocycles. The average molecular weight is 264 g/mol. The predicted molar refractivity (Wildman–Crippen MR) is 75.7 cm³/mol. The van der Waals surface area contributed by atoms with Gasteiger partial charge < -0.3 is 4.90 Å². The fraction of sp³-hybridized carbons (Fsp3) is 0.133. The second-order valence-electron chi connectivity index (χ2n) is 4.83. The minimum Gasteiger partial charge on any atom is -0.306 e. The van der Waals surface area contributed by atoms with Crippen LogP contribution in [-0.2, 0) is 6.42 Å². The maximum Gasteiger partial charge on any atom is 0.279 e. The Balaban J connectivity index is 1.79. The lowest BCUT2D eigenvalue weighted by Gasteiger charge is -2.15. The van der Waals surface area contributed by atoms with Crippen LogP contribution in [0.5, 0.6) is 0 Å². The summed E-state index contributed by atoms with van der Waals surface area (Å²) in [5.41, 5.74) is 3.46. The lowest BCUT2D eigenvalue weighted by Crippen LogP contribution is -2.29. The van der Waals surface area contributed by atoms with Crippen LogP contribution in [0, 0.1) is 0 Å². The number of carbonyl (C=O) groups excluding carboxylic acids is 1. The molecule has 1 aliphatic rings. The van der Waals surface area contributed by atoms with Gasteiger partial charge >= 0.3 is 0 Å². The van der Waals surface area contributed by atoms with Gasteiger partial charge in [-0.2, -0.15) is 5.10 Å². The number of H-pyrrole nitrogens is 1. The zero-order valence-electron chi connectivity index (χ0n) is 10.7. The summed E-state index contributed by atoms with van der Waals surface area (Å²) in [4.78, 5) is 18.6. The number of pyridine rings is 1. The third-order valence-corrected chi connectivity index (χ3v) is 3.70. The SMILES string of the molecule is O=C(c1n[nH]c2ccncc12)N1CCc2ccccc21. The Labute approximate surface area is 115 Å². The first-order chi connectivity index (χ1) is 9.84. The zero-order chi connectivity index (χ0) is 13.5. The number of nitrogens with zero attached hydrogens (tertiary/aromatic N) is 3. The number of aromatic nitrogens is 3. The third-order valence-electron chi connectivity index (χ3n) is 3.70. The van der Waals surface area contributed by atoms with Crippen LogP contribution in [0.2, 0.25) is 0 Å². The topological polar surface area (TPSA) is 61.9 Å². The Kier molecular flexibility index (Phi) is 2.32. The van der Waals surface area contributed by atoms with Gasteiger partial charge in [0.1, 0.15) is 0 Å². The van der Waals surface area contributed by atoms with Crippen LogP contribution in [0.3, 0.4) is 0 Å². The highest BCUT2D eigenvalue weighted by Crippen LogP contribution is 2.29. The molecule has 0 saturated carbocycles. The highest BCUT2D eigenvalue weighted by Gasteiger charge is 2.27. The number of amides is 1. The van der Waals surface area contributed by atoms with E-state index in [2.05, 4.69) is 21.2 Å². The molecule has 1 aromatic carbocycles. The van der Waals surface area contributed by atoms with Gasteiger partial charge in [-0.3, -0.25) is 14.9 Å². The maximum atomic E-state index is 12.7. The van der Waals surface area contributed by atoms with Gasteiger partial charge in [0, 0.05) is 24.6 Å². The van der Waals surface area contributed by atoms with E-state index in [-0.39, 0.29) is 5.91 Å². The molecule has 4 rings (SSSR count). The first kappa shape index (κ1) is 11.2. The molecule has 1 amide bonds. The first-order valence-electron chi connectivity index (χ1n) is 6.52. The summed E-state index contributed by atoms with van der Waals surface area (Å²) < 4.78 is 0. The van der Waals surface area contributed by atoms with Crippen molar-refractivity contribution in [1.29, 1.82) is 0 Å². The number of anilines is 1. The molecule has 98 valence electrons. The molecule has 0 saturated heterocycles. The van der Waals surface area contributed by atoms with Gasteiger partial charge in [0.05, 0.1) is 10.9 Å². The van der Waals surface area contributed by atoms with Crippen molar-refractivity contribution in [3.63, 3.8) is 0 Å². The number of fused-ring (bicyclic) bond motifs is 2. The fourth-order valence-corrected chi connectivity index (χ4v) is 2.70. The molecular formula is C15H12N4O. The Hall–Kier alpha value is -2.69. The van der Waals surface area contributed by atoms with Crippen molar-refractivity contribution in [3.05, 3.63) is 54.0 Å². The van der Waals surface area contributed by atoms with Crippen LogP contribution in [0.15, 0.2) is 42.7 Å². The summed E-state index contributed by atoms with van der Waals surface area (Å²) in [7, 11) is 0. The first-order valence-corrected chi connectivity index (χ1v) is 6.52. The lowest BCUT2D eigenvalue weighted by molar-refractivity contribution is 0.0986. The third kappa shape index (κ3) is 1.53. The Morgan fingerprint density at radius 2 is 2.15 bits per heavy atom. The molecule has 1 N–H and O–H groups in total. The van der Waals surface area contributed by atoms with Crippen LogP contribution in [-0.4, -0.2) is 27.6 Å². The molecule has 5 nitrogen and oxygen atoms in total. The molecular weight excluding hydrogens is 252 g/mol. The summed E-state index contributed by atoms with van der Waals surface area (Å²) in [6, 6.07) is 9.81. The van der Waals surface area contributed by atoms with Crippen molar-refractivity contribution >= 4 is 22.5 Å². The van der Waals surface area contributed by atoms with Crippen molar-refractivity contribution in [2.45, 2.75) is 6.42 Å². The normalized spacial score (nSPS) is 13.7. The van der Waals surface area contributed by atoms with E-state index in [1.807, 2.05) is 24.3 Å². The van der Waals surface area contributed by atoms with E-state index in [9.17, 15) is 4.79 Å². The molecule has 5 heteroatoms. The van der Waals surface area contributed by atoms with E-state index in [0.717, 1.165) is 23.0 Å². The standard InChI is InChI=1S/C15H12N4O/c20-15(14-11-9-16-7-5-12(11)17-18-14)19-8-6-10-3-1-2-4-13(10)19/h1-5,7,9H,6,8H2,(H,17,18). The molecule has 2 aromatic heterocycles. The summed E-state index contributed by atoms with van der Waals surface area (Å²) >= 11 is 0. The van der Waals surface area contributed by atoms with Crippen molar-refractivity contribution in [2.75, 3.05) is 11.4 Å². The second-order valence-corrected chi connectivity index (χ2v) is 4.83. The van der Waals surface area contributed by atoms with Gasteiger partial charge in [0.15, 0.2) is 5.69 Å².